The minimum Gasteiger partial charge on any atom is -0.497 e. The summed E-state index contributed by atoms with van der Waals surface area (Å²) in [6, 6.07) is 19.0. The molecule has 1 unspecified atom stereocenters. The number of benzene rings is 3. The van der Waals surface area contributed by atoms with E-state index in [1.165, 1.54) is 11.6 Å². The summed E-state index contributed by atoms with van der Waals surface area (Å²) in [5.41, 5.74) is 1.80. The molecule has 0 saturated heterocycles. The summed E-state index contributed by atoms with van der Waals surface area (Å²) in [6.45, 7) is 1.56. The fourth-order valence-corrected chi connectivity index (χ4v) is 3.30. The third-order valence-electron chi connectivity index (χ3n) is 4.75. The number of quaternary nitrogens is 1. The van der Waals surface area contributed by atoms with Crippen molar-refractivity contribution in [1.82, 2.24) is 5.32 Å². The summed E-state index contributed by atoms with van der Waals surface area (Å²) in [5, 5.41) is 5.16. The molecule has 1 atom stereocenters. The molecule has 4 nitrogen and oxygen atoms in total. The van der Waals surface area contributed by atoms with E-state index >= 15 is 0 Å². The van der Waals surface area contributed by atoms with Crippen molar-refractivity contribution in [2.24, 2.45) is 0 Å². The molecule has 0 bridgehead atoms. The van der Waals surface area contributed by atoms with Gasteiger partial charge in [0, 0.05) is 12.1 Å². The van der Waals surface area contributed by atoms with Crippen molar-refractivity contribution >= 4 is 16.7 Å². The van der Waals surface area contributed by atoms with Gasteiger partial charge in [0.2, 0.25) is 0 Å². The summed E-state index contributed by atoms with van der Waals surface area (Å²) < 4.78 is 18.9. The molecule has 0 fully saturated rings. The Balaban J connectivity index is 1.49. The highest BCUT2D eigenvalue weighted by Crippen LogP contribution is 2.21. The molecule has 2 N–H and O–H groups in total. The summed E-state index contributed by atoms with van der Waals surface area (Å²) in [6.07, 6.45) is 0.492. The monoisotopic (exact) mass is 381 g/mol. The molecule has 0 aliphatic heterocycles. The first-order valence-corrected chi connectivity index (χ1v) is 9.43. The van der Waals surface area contributed by atoms with Crippen molar-refractivity contribution in [3.05, 3.63) is 77.6 Å². The van der Waals surface area contributed by atoms with Gasteiger partial charge in [0.25, 0.3) is 5.91 Å². The highest BCUT2D eigenvalue weighted by atomic mass is 19.1. The van der Waals surface area contributed by atoms with Crippen LogP contribution in [0.3, 0.4) is 0 Å². The number of ether oxygens (including phenoxy) is 1. The van der Waals surface area contributed by atoms with Crippen LogP contribution in [0.5, 0.6) is 5.75 Å². The average Bonchev–Trinajstić information content (AvgIpc) is 2.69. The number of fused-ring (bicyclic) bond motifs is 1. The second kappa shape index (κ2) is 9.33. The highest BCUT2D eigenvalue weighted by Gasteiger charge is 2.11. The van der Waals surface area contributed by atoms with Crippen LogP contribution in [0, 0.1) is 5.82 Å². The summed E-state index contributed by atoms with van der Waals surface area (Å²) >= 11 is 0. The minimum atomic E-state index is -0.228. The van der Waals surface area contributed by atoms with Crippen molar-refractivity contribution in [2.75, 3.05) is 27.2 Å². The first-order chi connectivity index (χ1) is 13.5. The number of amides is 1. The van der Waals surface area contributed by atoms with E-state index < -0.39 is 0 Å². The molecule has 0 aliphatic rings. The fourth-order valence-electron chi connectivity index (χ4n) is 3.30. The van der Waals surface area contributed by atoms with Gasteiger partial charge in [-0.25, -0.2) is 4.39 Å². The standard InChI is InChI=1S/C23H25FN2O2/c1-26(16-23(27)25-12-11-18-5-3-4-6-22(18)24)15-17-7-8-20-14-21(28-2)10-9-19(20)13-17/h3-10,13-14H,11-12,15-16H2,1-2H3,(H,25,27)/p+1. The SMILES string of the molecule is COc1ccc2cc(C[NH+](C)CC(=O)NCCc3ccccc3F)ccc2c1. The van der Waals surface area contributed by atoms with Crippen LogP contribution >= 0.6 is 0 Å². The van der Waals surface area contributed by atoms with Crippen LogP contribution in [0.15, 0.2) is 60.7 Å². The maximum absolute atomic E-state index is 13.6. The van der Waals surface area contributed by atoms with E-state index in [-0.39, 0.29) is 11.7 Å². The second-order valence-electron chi connectivity index (χ2n) is 7.05. The van der Waals surface area contributed by atoms with Crippen LogP contribution in [0.1, 0.15) is 11.1 Å². The molecule has 0 saturated carbocycles. The Morgan fingerprint density at radius 1 is 1.07 bits per heavy atom. The second-order valence-corrected chi connectivity index (χ2v) is 7.05. The van der Waals surface area contributed by atoms with Crippen molar-refractivity contribution in [2.45, 2.75) is 13.0 Å². The number of carbonyl (C=O) groups excluding carboxylic acids is 1. The number of hydrogen-bond donors (Lipinski definition) is 2. The third kappa shape index (κ3) is 5.30. The van der Waals surface area contributed by atoms with Crippen LogP contribution in [-0.2, 0) is 17.8 Å². The van der Waals surface area contributed by atoms with Gasteiger partial charge in [-0.2, -0.15) is 0 Å². The fraction of sp³-hybridized carbons (Fsp3) is 0.261. The summed E-state index contributed by atoms with van der Waals surface area (Å²) in [7, 11) is 3.66. The molecule has 1 amide bonds. The maximum atomic E-state index is 13.6. The molecule has 28 heavy (non-hydrogen) atoms. The van der Waals surface area contributed by atoms with Crippen molar-refractivity contribution in [3.8, 4) is 5.75 Å². The number of carbonyl (C=O) groups is 1. The zero-order valence-electron chi connectivity index (χ0n) is 16.3. The van der Waals surface area contributed by atoms with Gasteiger partial charge in [0.1, 0.15) is 18.1 Å². The van der Waals surface area contributed by atoms with E-state index in [1.807, 2.05) is 25.2 Å². The molecule has 5 heteroatoms. The van der Waals surface area contributed by atoms with Gasteiger partial charge in [-0.1, -0.05) is 36.4 Å². The number of rotatable bonds is 8. The molecular formula is C23H26FN2O2+. The van der Waals surface area contributed by atoms with E-state index in [9.17, 15) is 9.18 Å². The topological polar surface area (TPSA) is 42.8 Å². The highest BCUT2D eigenvalue weighted by molar-refractivity contribution is 5.84. The molecule has 146 valence electrons. The van der Waals surface area contributed by atoms with Gasteiger partial charge in [0.15, 0.2) is 6.54 Å². The lowest BCUT2D eigenvalue weighted by molar-refractivity contribution is -0.885. The zero-order chi connectivity index (χ0) is 19.9. The normalized spacial score (nSPS) is 12.0. The smallest absolute Gasteiger partial charge is 0.275 e. The Hall–Kier alpha value is -2.92. The molecule has 0 aromatic heterocycles. The Labute approximate surface area is 164 Å². The maximum Gasteiger partial charge on any atom is 0.275 e. The first-order valence-electron chi connectivity index (χ1n) is 9.43. The summed E-state index contributed by atoms with van der Waals surface area (Å²) in [5.74, 6) is 0.586. The molecule has 0 aliphatic carbocycles. The molecule has 3 aromatic rings. The molecule has 3 aromatic carbocycles. The van der Waals surface area contributed by atoms with Crippen LogP contribution in [-0.4, -0.2) is 33.2 Å². The van der Waals surface area contributed by atoms with Crippen molar-refractivity contribution < 1.29 is 18.8 Å². The Morgan fingerprint density at radius 2 is 1.82 bits per heavy atom. The lowest BCUT2D eigenvalue weighted by Gasteiger charge is -2.14. The lowest BCUT2D eigenvalue weighted by Crippen LogP contribution is -3.08. The van der Waals surface area contributed by atoms with Crippen molar-refractivity contribution in [1.29, 1.82) is 0 Å². The Kier molecular flexibility index (Phi) is 6.61. The van der Waals surface area contributed by atoms with E-state index in [1.54, 1.807) is 25.3 Å². The molecule has 3 rings (SSSR count). The lowest BCUT2D eigenvalue weighted by atomic mass is 10.1. The van der Waals surface area contributed by atoms with E-state index in [0.717, 1.165) is 28.0 Å². The van der Waals surface area contributed by atoms with Crippen LogP contribution in [0.2, 0.25) is 0 Å². The van der Waals surface area contributed by atoms with Crippen LogP contribution < -0.4 is 15.0 Å². The number of likely N-dealkylation sites (N-methyl/N-ethyl adjacent to an activating group) is 1. The van der Waals surface area contributed by atoms with Gasteiger partial charge >= 0.3 is 0 Å². The number of halogens is 1. The van der Waals surface area contributed by atoms with Crippen molar-refractivity contribution in [3.63, 3.8) is 0 Å². The van der Waals surface area contributed by atoms with Gasteiger partial charge in [-0.3, -0.25) is 4.79 Å². The third-order valence-corrected chi connectivity index (χ3v) is 4.75. The Morgan fingerprint density at radius 3 is 2.61 bits per heavy atom. The van der Waals surface area contributed by atoms with Crippen LogP contribution in [0.4, 0.5) is 4.39 Å². The first kappa shape index (κ1) is 19.8. The predicted octanol–water partition coefficient (Wildman–Crippen LogP) is 2.36. The predicted molar refractivity (Wildman–Crippen MR) is 109 cm³/mol. The largest absolute Gasteiger partial charge is 0.497 e. The molecule has 0 spiro atoms. The number of hydrogen-bond acceptors (Lipinski definition) is 2. The van der Waals surface area contributed by atoms with E-state index in [4.69, 9.17) is 4.74 Å². The van der Waals surface area contributed by atoms with Crippen LogP contribution in [0.25, 0.3) is 10.8 Å². The molecule has 0 radical (unpaired) electrons. The van der Waals surface area contributed by atoms with E-state index in [0.29, 0.717) is 25.1 Å². The van der Waals surface area contributed by atoms with Gasteiger partial charge in [0.05, 0.1) is 14.2 Å². The average molecular weight is 381 g/mol. The summed E-state index contributed by atoms with van der Waals surface area (Å²) in [4.78, 5) is 13.3. The van der Waals surface area contributed by atoms with Gasteiger partial charge in [-0.15, -0.1) is 0 Å². The molecule has 0 heterocycles. The van der Waals surface area contributed by atoms with Gasteiger partial charge < -0.3 is 15.0 Å². The zero-order valence-corrected chi connectivity index (χ0v) is 16.3. The molecular weight excluding hydrogens is 355 g/mol. The number of nitrogens with one attached hydrogen (secondary N) is 2. The van der Waals surface area contributed by atoms with E-state index in [2.05, 4.69) is 23.5 Å². The minimum absolute atomic E-state index is 0.0284. The quantitative estimate of drug-likeness (QED) is 0.629. The Bertz CT molecular complexity index is 958. The van der Waals surface area contributed by atoms with Gasteiger partial charge in [-0.05, 0) is 47.0 Å². The number of methoxy groups -OCH3 is 1.